The Morgan fingerprint density at radius 2 is 2.11 bits per heavy atom. The first-order valence-corrected chi connectivity index (χ1v) is 7.43. The summed E-state index contributed by atoms with van der Waals surface area (Å²) in [6, 6.07) is 6.46. The van der Waals surface area contributed by atoms with Crippen molar-refractivity contribution in [2.75, 3.05) is 13.2 Å². The lowest BCUT2D eigenvalue weighted by molar-refractivity contribution is 0.265. The van der Waals surface area contributed by atoms with Gasteiger partial charge in [-0.05, 0) is 44.2 Å². The van der Waals surface area contributed by atoms with Gasteiger partial charge in [0.05, 0.1) is 6.61 Å². The first kappa shape index (κ1) is 14.6. The number of aliphatic hydroxyl groups excluding tert-OH is 1. The van der Waals surface area contributed by atoms with Crippen LogP contribution in [0, 0.1) is 0 Å². The van der Waals surface area contributed by atoms with E-state index in [1.165, 1.54) is 12.8 Å². The molecule has 0 heterocycles. The zero-order valence-electron chi connectivity index (χ0n) is 11.2. The van der Waals surface area contributed by atoms with Crippen LogP contribution < -0.4 is 10.1 Å². The number of rotatable bonds is 9. The molecular formula is C15H22ClNO2. The molecule has 0 spiro atoms. The molecular weight excluding hydrogens is 262 g/mol. The van der Waals surface area contributed by atoms with Crippen LogP contribution in [0.1, 0.15) is 37.7 Å². The number of hydrogen-bond donors (Lipinski definition) is 2. The van der Waals surface area contributed by atoms with Gasteiger partial charge in [0.2, 0.25) is 0 Å². The number of ether oxygens (including phenoxy) is 1. The lowest BCUT2D eigenvalue weighted by Gasteiger charge is -2.13. The summed E-state index contributed by atoms with van der Waals surface area (Å²) in [5.74, 6) is 0.879. The minimum atomic E-state index is 0.258. The average molecular weight is 284 g/mol. The topological polar surface area (TPSA) is 41.5 Å². The van der Waals surface area contributed by atoms with Gasteiger partial charge < -0.3 is 15.2 Å². The molecule has 0 amide bonds. The van der Waals surface area contributed by atoms with Crippen molar-refractivity contribution in [1.82, 2.24) is 5.32 Å². The van der Waals surface area contributed by atoms with Gasteiger partial charge in [-0.25, -0.2) is 0 Å². The third-order valence-electron chi connectivity index (χ3n) is 3.28. The Kier molecular flexibility index (Phi) is 5.95. The van der Waals surface area contributed by atoms with Crippen molar-refractivity contribution in [3.8, 4) is 5.75 Å². The van der Waals surface area contributed by atoms with Crippen LogP contribution in [0.2, 0.25) is 5.02 Å². The van der Waals surface area contributed by atoms with Gasteiger partial charge in [-0.3, -0.25) is 0 Å². The molecule has 106 valence electrons. The van der Waals surface area contributed by atoms with Crippen molar-refractivity contribution in [2.24, 2.45) is 0 Å². The minimum Gasteiger partial charge on any atom is -0.493 e. The predicted molar refractivity (Wildman–Crippen MR) is 77.7 cm³/mol. The predicted octanol–water partition coefficient (Wildman–Crippen LogP) is 3.13. The number of nitrogens with one attached hydrogen (secondary N) is 1. The summed E-state index contributed by atoms with van der Waals surface area (Å²) in [6.45, 7) is 1.71. The number of benzene rings is 1. The minimum absolute atomic E-state index is 0.258. The molecule has 19 heavy (non-hydrogen) atoms. The van der Waals surface area contributed by atoms with Crippen molar-refractivity contribution in [1.29, 1.82) is 0 Å². The van der Waals surface area contributed by atoms with Crippen LogP contribution in [0.5, 0.6) is 5.75 Å². The molecule has 0 radical (unpaired) electrons. The van der Waals surface area contributed by atoms with Gasteiger partial charge in [-0.1, -0.05) is 17.7 Å². The summed E-state index contributed by atoms with van der Waals surface area (Å²) >= 11 is 6.24. The van der Waals surface area contributed by atoms with E-state index in [1.54, 1.807) is 0 Å². The molecule has 0 aliphatic heterocycles. The van der Waals surface area contributed by atoms with E-state index in [0.29, 0.717) is 12.6 Å². The fourth-order valence-corrected chi connectivity index (χ4v) is 2.18. The third-order valence-corrected chi connectivity index (χ3v) is 3.63. The smallest absolute Gasteiger partial charge is 0.125 e. The molecule has 0 atom stereocenters. The van der Waals surface area contributed by atoms with Crippen LogP contribution in [0.3, 0.4) is 0 Å². The van der Waals surface area contributed by atoms with Crippen LogP contribution >= 0.6 is 11.6 Å². The fourth-order valence-electron chi connectivity index (χ4n) is 1.95. The van der Waals surface area contributed by atoms with Gasteiger partial charge in [0, 0.05) is 29.8 Å². The van der Waals surface area contributed by atoms with E-state index in [4.69, 9.17) is 21.4 Å². The zero-order valence-corrected chi connectivity index (χ0v) is 12.0. The molecule has 3 nitrogen and oxygen atoms in total. The number of hydrogen-bond acceptors (Lipinski definition) is 3. The highest BCUT2D eigenvalue weighted by Gasteiger charge is 2.21. The summed E-state index contributed by atoms with van der Waals surface area (Å²) in [7, 11) is 0. The van der Waals surface area contributed by atoms with Gasteiger partial charge in [-0.2, -0.15) is 0 Å². The maximum Gasteiger partial charge on any atom is 0.125 e. The van der Waals surface area contributed by atoms with E-state index in [1.807, 2.05) is 18.2 Å². The van der Waals surface area contributed by atoms with Crippen LogP contribution in [-0.2, 0) is 6.54 Å². The molecule has 1 saturated carbocycles. The van der Waals surface area contributed by atoms with Gasteiger partial charge in [0.1, 0.15) is 5.75 Å². The summed E-state index contributed by atoms with van der Waals surface area (Å²) in [4.78, 5) is 0. The first-order valence-electron chi connectivity index (χ1n) is 7.05. The molecule has 0 bridgehead atoms. The van der Waals surface area contributed by atoms with Crippen LogP contribution in [0.15, 0.2) is 18.2 Å². The molecule has 0 saturated heterocycles. The van der Waals surface area contributed by atoms with Gasteiger partial charge in [0.15, 0.2) is 0 Å². The lowest BCUT2D eigenvalue weighted by atomic mass is 10.2. The Morgan fingerprint density at radius 1 is 1.26 bits per heavy atom. The number of halogens is 1. The van der Waals surface area contributed by atoms with Crippen molar-refractivity contribution >= 4 is 11.6 Å². The van der Waals surface area contributed by atoms with Crippen molar-refractivity contribution in [3.05, 3.63) is 28.8 Å². The highest BCUT2D eigenvalue weighted by molar-refractivity contribution is 6.31. The molecule has 1 aromatic carbocycles. The van der Waals surface area contributed by atoms with Crippen LogP contribution in [-0.4, -0.2) is 24.4 Å². The van der Waals surface area contributed by atoms with Crippen LogP contribution in [0.25, 0.3) is 0 Å². The van der Waals surface area contributed by atoms with E-state index in [9.17, 15) is 0 Å². The summed E-state index contributed by atoms with van der Waals surface area (Å²) in [5, 5.41) is 13.0. The van der Waals surface area contributed by atoms with Gasteiger partial charge >= 0.3 is 0 Å². The summed E-state index contributed by atoms with van der Waals surface area (Å²) in [6.07, 6.45) is 5.33. The van der Waals surface area contributed by atoms with E-state index in [-0.39, 0.29) is 6.61 Å². The van der Waals surface area contributed by atoms with Crippen molar-refractivity contribution in [3.63, 3.8) is 0 Å². The van der Waals surface area contributed by atoms with E-state index in [2.05, 4.69) is 5.32 Å². The molecule has 1 aliphatic carbocycles. The number of unbranched alkanes of at least 4 members (excludes halogenated alkanes) is 2. The summed E-state index contributed by atoms with van der Waals surface area (Å²) < 4.78 is 5.81. The van der Waals surface area contributed by atoms with Gasteiger partial charge in [0.25, 0.3) is 0 Å². The SMILES string of the molecule is OCCCCCOc1cccc(Cl)c1CNC1CC1. The zero-order chi connectivity index (χ0) is 13.5. The molecule has 1 fully saturated rings. The Balaban J connectivity index is 1.84. The Bertz CT molecular complexity index is 394. The van der Waals surface area contributed by atoms with E-state index >= 15 is 0 Å². The molecule has 4 heteroatoms. The van der Waals surface area contributed by atoms with Crippen molar-refractivity contribution < 1.29 is 9.84 Å². The van der Waals surface area contributed by atoms with Crippen molar-refractivity contribution in [2.45, 2.75) is 44.7 Å². The standard InChI is InChI=1S/C15H22ClNO2/c16-14-5-4-6-15(19-10-3-1-2-9-18)13(14)11-17-12-7-8-12/h4-6,12,17-18H,1-3,7-11H2. The van der Waals surface area contributed by atoms with Crippen LogP contribution in [0.4, 0.5) is 0 Å². The normalized spacial score (nSPS) is 14.6. The molecule has 0 aromatic heterocycles. The molecule has 0 unspecified atom stereocenters. The number of aliphatic hydroxyl groups is 1. The van der Waals surface area contributed by atoms with E-state index in [0.717, 1.165) is 42.1 Å². The summed E-state index contributed by atoms with van der Waals surface area (Å²) in [5.41, 5.74) is 1.05. The largest absolute Gasteiger partial charge is 0.493 e. The maximum absolute atomic E-state index is 8.72. The van der Waals surface area contributed by atoms with Gasteiger partial charge in [-0.15, -0.1) is 0 Å². The monoisotopic (exact) mass is 283 g/mol. The Labute approximate surface area is 119 Å². The average Bonchev–Trinajstić information content (AvgIpc) is 3.22. The highest BCUT2D eigenvalue weighted by atomic mass is 35.5. The second-order valence-corrected chi connectivity index (χ2v) is 5.41. The molecule has 1 aromatic rings. The Hall–Kier alpha value is -0.770. The Morgan fingerprint density at radius 3 is 2.84 bits per heavy atom. The lowest BCUT2D eigenvalue weighted by Crippen LogP contribution is -2.16. The first-order chi connectivity index (χ1) is 9.31. The maximum atomic E-state index is 8.72. The van der Waals surface area contributed by atoms with E-state index < -0.39 is 0 Å². The second kappa shape index (κ2) is 7.73. The fraction of sp³-hybridized carbons (Fsp3) is 0.600. The third kappa shape index (κ3) is 5.01. The molecule has 2 rings (SSSR count). The molecule has 1 aliphatic rings. The second-order valence-electron chi connectivity index (χ2n) is 5.00. The quantitative estimate of drug-likeness (QED) is 0.684. The highest BCUT2D eigenvalue weighted by Crippen LogP contribution is 2.28. The molecule has 2 N–H and O–H groups in total.